The van der Waals surface area contributed by atoms with Crippen molar-refractivity contribution in [3.8, 4) is 0 Å². The lowest BCUT2D eigenvalue weighted by Gasteiger charge is -2.18. The highest BCUT2D eigenvalue weighted by Gasteiger charge is 2.26. The van der Waals surface area contributed by atoms with Crippen LogP contribution in [0.25, 0.3) is 0 Å². The van der Waals surface area contributed by atoms with Gasteiger partial charge in [0.1, 0.15) is 0 Å². The number of carbonyl (C=O) groups is 2. The van der Waals surface area contributed by atoms with Gasteiger partial charge in [-0.3, -0.25) is 4.79 Å². The van der Waals surface area contributed by atoms with Crippen LogP contribution < -0.4 is 5.32 Å². The van der Waals surface area contributed by atoms with E-state index in [4.69, 9.17) is 1.37 Å². The zero-order chi connectivity index (χ0) is 13.7. The summed E-state index contributed by atoms with van der Waals surface area (Å²) in [5, 5.41) is 11.8. The lowest BCUT2D eigenvalue weighted by atomic mass is 10.1. The molecule has 5 heteroatoms. The van der Waals surface area contributed by atoms with Crippen LogP contribution in [-0.4, -0.2) is 36.2 Å². The van der Waals surface area contributed by atoms with Crippen molar-refractivity contribution in [2.24, 2.45) is 0 Å². The van der Waals surface area contributed by atoms with Gasteiger partial charge in [0.15, 0.2) is 6.04 Å². The first-order chi connectivity index (χ1) is 8.47. The van der Waals surface area contributed by atoms with E-state index in [0.717, 1.165) is 0 Å². The van der Waals surface area contributed by atoms with Crippen molar-refractivity contribution in [2.75, 3.05) is 7.11 Å². The third-order valence-electron chi connectivity index (χ3n) is 2.18. The molecule has 0 saturated carbocycles. The average molecular weight is 238 g/mol. The van der Waals surface area contributed by atoms with Gasteiger partial charge >= 0.3 is 5.97 Å². The maximum Gasteiger partial charge on any atom is 0.331 e. The summed E-state index contributed by atoms with van der Waals surface area (Å²) in [7, 11) is 1.17. The normalized spacial score (nSPS) is 14.4. The summed E-state index contributed by atoms with van der Waals surface area (Å²) in [6.07, 6.45) is -1.08. The van der Waals surface area contributed by atoms with Gasteiger partial charge in [-0.1, -0.05) is 18.2 Å². The van der Waals surface area contributed by atoms with E-state index >= 15 is 0 Å². The first-order valence-corrected chi connectivity index (χ1v) is 5.09. The van der Waals surface area contributed by atoms with E-state index in [9.17, 15) is 14.7 Å². The Morgan fingerprint density at radius 1 is 1.47 bits per heavy atom. The smallest absolute Gasteiger partial charge is 0.331 e. The van der Waals surface area contributed by atoms with Crippen LogP contribution in [0, 0.1) is 0 Å². The number of benzene rings is 1. The molecule has 0 unspecified atom stereocenters. The fraction of sp³-hybridized carbons (Fsp3) is 0.333. The topological polar surface area (TPSA) is 75.6 Å². The third-order valence-corrected chi connectivity index (χ3v) is 2.18. The molecule has 0 fully saturated rings. The zero-order valence-electron chi connectivity index (χ0n) is 10.6. The van der Waals surface area contributed by atoms with Crippen molar-refractivity contribution in [3.05, 3.63) is 35.9 Å². The number of carbonyl (C=O) groups excluding carboxylic acids is 2. The number of rotatable bonds is 4. The Bertz CT molecular complexity index is 447. The van der Waals surface area contributed by atoms with Crippen molar-refractivity contribution < 1.29 is 20.8 Å². The summed E-state index contributed by atoms with van der Waals surface area (Å²) in [4.78, 5) is 23.2. The van der Waals surface area contributed by atoms with Gasteiger partial charge in [-0.2, -0.15) is 0 Å². The predicted molar refractivity (Wildman–Crippen MR) is 61.4 cm³/mol. The molecule has 0 aliphatic rings. The molecule has 17 heavy (non-hydrogen) atoms. The van der Waals surface area contributed by atoms with Gasteiger partial charge in [0.05, 0.1) is 14.6 Å². The number of esters is 1. The summed E-state index contributed by atoms with van der Waals surface area (Å²) in [6.45, 7) is 1.37. The molecule has 0 aliphatic heterocycles. The quantitative estimate of drug-likeness (QED) is 0.742. The number of hydrogen-bond donors (Lipinski definition) is 2. The maximum absolute atomic E-state index is 11.9. The van der Waals surface area contributed by atoms with E-state index in [2.05, 4.69) is 10.1 Å². The van der Waals surface area contributed by atoms with Crippen LogP contribution in [0.15, 0.2) is 30.3 Å². The van der Waals surface area contributed by atoms with Crippen LogP contribution in [0.4, 0.5) is 0 Å². The number of aliphatic hydroxyl groups excluding tert-OH is 1. The SMILES string of the molecule is [2H]c1ccccc1C(=O)N[C@H](C(=O)OC)[C@H](C)O. The Morgan fingerprint density at radius 2 is 2.18 bits per heavy atom. The van der Waals surface area contributed by atoms with Gasteiger partial charge in [0, 0.05) is 5.56 Å². The fourth-order valence-corrected chi connectivity index (χ4v) is 1.26. The number of nitrogens with one attached hydrogen (secondary N) is 1. The molecule has 0 bridgehead atoms. The van der Waals surface area contributed by atoms with Crippen LogP contribution in [0.3, 0.4) is 0 Å². The standard InChI is InChI=1S/C12H15NO4/c1-8(14)10(12(16)17-2)13-11(15)9-6-4-3-5-7-9/h3-8,10,14H,1-2H3,(H,13,15)/t8-,10-/m0/s1/i6D. The van der Waals surface area contributed by atoms with Gasteiger partial charge in [-0.05, 0) is 19.0 Å². The molecule has 0 radical (unpaired) electrons. The zero-order valence-corrected chi connectivity index (χ0v) is 9.64. The van der Waals surface area contributed by atoms with Crippen LogP contribution in [0.5, 0.6) is 0 Å². The van der Waals surface area contributed by atoms with Crippen molar-refractivity contribution >= 4 is 11.9 Å². The molecule has 1 aromatic carbocycles. The highest BCUT2D eigenvalue weighted by atomic mass is 16.5. The Labute approximate surface area is 101 Å². The number of hydrogen-bond acceptors (Lipinski definition) is 4. The molecule has 1 amide bonds. The average Bonchev–Trinajstić information content (AvgIpc) is 2.35. The van der Waals surface area contributed by atoms with E-state index in [0.29, 0.717) is 0 Å². The molecular weight excluding hydrogens is 222 g/mol. The fourth-order valence-electron chi connectivity index (χ4n) is 1.26. The van der Waals surface area contributed by atoms with Crippen molar-refractivity contribution in [1.29, 1.82) is 0 Å². The van der Waals surface area contributed by atoms with Crippen molar-refractivity contribution in [2.45, 2.75) is 19.1 Å². The lowest BCUT2D eigenvalue weighted by molar-refractivity contribution is -0.145. The number of aliphatic hydroxyl groups is 1. The summed E-state index contributed by atoms with van der Waals surface area (Å²) >= 11 is 0. The molecule has 92 valence electrons. The summed E-state index contributed by atoms with van der Waals surface area (Å²) < 4.78 is 12.0. The predicted octanol–water partition coefficient (Wildman–Crippen LogP) is 0.339. The minimum absolute atomic E-state index is 0.0456. The monoisotopic (exact) mass is 238 g/mol. The van der Waals surface area contributed by atoms with Gasteiger partial charge in [-0.25, -0.2) is 4.79 Å². The number of methoxy groups -OCH3 is 1. The Balaban J connectivity index is 2.86. The van der Waals surface area contributed by atoms with E-state index in [1.807, 2.05) is 0 Å². The minimum Gasteiger partial charge on any atom is -0.467 e. The highest BCUT2D eigenvalue weighted by Crippen LogP contribution is 2.02. The molecule has 0 aromatic heterocycles. The van der Waals surface area contributed by atoms with Crippen molar-refractivity contribution in [1.82, 2.24) is 5.32 Å². The maximum atomic E-state index is 11.9. The van der Waals surface area contributed by atoms with Crippen LogP contribution >= 0.6 is 0 Å². The second-order valence-electron chi connectivity index (χ2n) is 3.49. The molecule has 2 N–H and O–H groups in total. The van der Waals surface area contributed by atoms with E-state index in [1.165, 1.54) is 26.2 Å². The largest absolute Gasteiger partial charge is 0.467 e. The van der Waals surface area contributed by atoms with E-state index < -0.39 is 24.0 Å². The molecule has 2 atom stereocenters. The minimum atomic E-state index is -1.15. The van der Waals surface area contributed by atoms with Crippen LogP contribution in [-0.2, 0) is 9.53 Å². The Morgan fingerprint density at radius 3 is 2.71 bits per heavy atom. The molecule has 1 rings (SSSR count). The van der Waals surface area contributed by atoms with Gasteiger partial charge in [0.2, 0.25) is 0 Å². The Hall–Kier alpha value is -1.88. The van der Waals surface area contributed by atoms with Crippen LogP contribution in [0.2, 0.25) is 0 Å². The van der Waals surface area contributed by atoms with E-state index in [1.54, 1.807) is 12.1 Å². The summed E-state index contributed by atoms with van der Waals surface area (Å²) in [6, 6.07) is 5.07. The van der Waals surface area contributed by atoms with Gasteiger partial charge < -0.3 is 15.2 Å². The molecule has 5 nitrogen and oxygen atoms in total. The first kappa shape index (κ1) is 11.6. The molecular formula is C12H15NO4. The second-order valence-corrected chi connectivity index (χ2v) is 3.49. The molecule has 1 aromatic rings. The number of ether oxygens (including phenoxy) is 1. The van der Waals surface area contributed by atoms with Gasteiger partial charge in [-0.15, -0.1) is 0 Å². The first-order valence-electron chi connectivity index (χ1n) is 5.59. The van der Waals surface area contributed by atoms with Gasteiger partial charge in [0.25, 0.3) is 5.91 Å². The molecule has 0 saturated heterocycles. The lowest BCUT2D eigenvalue weighted by Crippen LogP contribution is -2.48. The molecule has 0 spiro atoms. The van der Waals surface area contributed by atoms with E-state index in [-0.39, 0.29) is 11.6 Å². The number of amides is 1. The third kappa shape index (κ3) is 3.57. The molecule has 0 aliphatic carbocycles. The highest BCUT2D eigenvalue weighted by molar-refractivity contribution is 5.96. The summed E-state index contributed by atoms with van der Waals surface area (Å²) in [5.74, 6) is -1.34. The summed E-state index contributed by atoms with van der Waals surface area (Å²) in [5.41, 5.74) is 0.132. The Kier molecular flexibility index (Phi) is 4.10. The molecule has 0 heterocycles. The van der Waals surface area contributed by atoms with Crippen molar-refractivity contribution in [3.63, 3.8) is 0 Å². The second kappa shape index (κ2) is 6.00. The van der Waals surface area contributed by atoms with Crippen LogP contribution in [0.1, 0.15) is 18.7 Å².